The van der Waals surface area contributed by atoms with Crippen molar-refractivity contribution in [2.45, 2.75) is 19.4 Å². The fourth-order valence-electron chi connectivity index (χ4n) is 2.96. The number of amides is 1. The van der Waals surface area contributed by atoms with Gasteiger partial charge < -0.3 is 9.64 Å². The minimum atomic E-state index is -0.447. The molecule has 5 nitrogen and oxygen atoms in total. The fourth-order valence-corrected chi connectivity index (χ4v) is 3.13. The van der Waals surface area contributed by atoms with Gasteiger partial charge in [-0.05, 0) is 32.0 Å². The highest BCUT2D eigenvalue weighted by Crippen LogP contribution is 2.32. The second-order valence-corrected chi connectivity index (χ2v) is 7.12. The molecule has 1 heterocycles. The van der Waals surface area contributed by atoms with Crippen LogP contribution in [-0.2, 0) is 10.3 Å². The minimum Gasteiger partial charge on any atom is -0.496 e. The van der Waals surface area contributed by atoms with Gasteiger partial charge in [0.2, 0.25) is 5.91 Å². The van der Waals surface area contributed by atoms with Crippen molar-refractivity contribution in [1.82, 2.24) is 15.1 Å². The summed E-state index contributed by atoms with van der Waals surface area (Å²) in [5.74, 6) is 3.49. The molecule has 1 fully saturated rings. The Balaban J connectivity index is 1.95. The van der Waals surface area contributed by atoms with Gasteiger partial charge in [0.25, 0.3) is 0 Å². The van der Waals surface area contributed by atoms with Crippen molar-refractivity contribution in [3.05, 3.63) is 28.8 Å². The molecule has 1 aliphatic heterocycles. The Kier molecular flexibility index (Phi) is 6.71. The highest BCUT2D eigenvalue weighted by molar-refractivity contribution is 6.30. The summed E-state index contributed by atoms with van der Waals surface area (Å²) in [6, 6.07) is 5.50. The van der Waals surface area contributed by atoms with Gasteiger partial charge in [-0.1, -0.05) is 17.5 Å². The Labute approximate surface area is 155 Å². The number of nitrogens with zero attached hydrogens (tertiary/aromatic N) is 2. The molecule has 0 aromatic heterocycles. The second-order valence-electron chi connectivity index (χ2n) is 6.68. The molecule has 1 aliphatic rings. The van der Waals surface area contributed by atoms with Gasteiger partial charge in [-0.2, -0.15) is 0 Å². The molecule has 1 saturated heterocycles. The van der Waals surface area contributed by atoms with E-state index in [1.807, 2.05) is 30.9 Å². The molecule has 1 aromatic rings. The molecule has 136 valence electrons. The Hall–Kier alpha value is -1.74. The smallest absolute Gasteiger partial charge is 0.236 e. The third kappa shape index (κ3) is 5.12. The average Bonchev–Trinajstić information content (AvgIpc) is 2.60. The zero-order valence-electron chi connectivity index (χ0n) is 15.1. The zero-order valence-corrected chi connectivity index (χ0v) is 15.9. The highest BCUT2D eigenvalue weighted by atomic mass is 35.5. The summed E-state index contributed by atoms with van der Waals surface area (Å²) in [5.41, 5.74) is 0.478. The van der Waals surface area contributed by atoms with Crippen LogP contribution in [0.15, 0.2) is 18.2 Å². The first kappa shape index (κ1) is 19.6. The minimum absolute atomic E-state index is 0.0921. The normalized spacial score (nSPS) is 15.7. The molecular formula is C19H26ClN3O2. The lowest BCUT2D eigenvalue weighted by atomic mass is 9.93. The Morgan fingerprint density at radius 1 is 1.36 bits per heavy atom. The molecule has 0 atom stereocenters. The number of hydrogen-bond donors (Lipinski definition) is 1. The van der Waals surface area contributed by atoms with Crippen LogP contribution < -0.4 is 10.1 Å². The van der Waals surface area contributed by atoms with Crippen LogP contribution in [0.25, 0.3) is 0 Å². The van der Waals surface area contributed by atoms with Crippen molar-refractivity contribution in [1.29, 1.82) is 0 Å². The molecule has 0 aliphatic carbocycles. The summed E-state index contributed by atoms with van der Waals surface area (Å²) in [5, 5.41) is 3.98. The lowest BCUT2D eigenvalue weighted by Crippen LogP contribution is -2.52. The third-order valence-corrected chi connectivity index (χ3v) is 4.79. The standard InChI is InChI=1S/C19H26ClN3O2/c1-5-8-22-9-11-23(12-10-22)18(24)14-21-19(2,3)16-13-15(20)6-7-17(16)25-4/h1,6-7,13,21H,8-12,14H2,2-4H3. The summed E-state index contributed by atoms with van der Waals surface area (Å²) >= 11 is 6.13. The van der Waals surface area contributed by atoms with E-state index in [2.05, 4.69) is 16.1 Å². The van der Waals surface area contributed by atoms with Gasteiger partial charge in [0, 0.05) is 42.3 Å². The maximum Gasteiger partial charge on any atom is 0.236 e. The number of halogens is 1. The van der Waals surface area contributed by atoms with Gasteiger partial charge in [-0.3, -0.25) is 15.0 Å². The van der Waals surface area contributed by atoms with Gasteiger partial charge in [0.05, 0.1) is 20.2 Å². The van der Waals surface area contributed by atoms with E-state index in [0.29, 0.717) is 24.7 Å². The van der Waals surface area contributed by atoms with Crippen LogP contribution in [0.1, 0.15) is 19.4 Å². The Bertz CT molecular complexity index is 647. The van der Waals surface area contributed by atoms with E-state index in [-0.39, 0.29) is 12.5 Å². The van der Waals surface area contributed by atoms with E-state index in [9.17, 15) is 4.79 Å². The van der Waals surface area contributed by atoms with E-state index >= 15 is 0 Å². The number of methoxy groups -OCH3 is 1. The van der Waals surface area contributed by atoms with Gasteiger partial charge in [-0.15, -0.1) is 6.42 Å². The van der Waals surface area contributed by atoms with Crippen molar-refractivity contribution < 1.29 is 9.53 Å². The first-order valence-electron chi connectivity index (χ1n) is 8.40. The van der Waals surface area contributed by atoms with Crippen LogP contribution >= 0.6 is 11.6 Å². The van der Waals surface area contributed by atoms with E-state index in [4.69, 9.17) is 22.8 Å². The molecule has 1 amide bonds. The van der Waals surface area contributed by atoms with Gasteiger partial charge in [0.1, 0.15) is 5.75 Å². The molecule has 6 heteroatoms. The Morgan fingerprint density at radius 2 is 2.04 bits per heavy atom. The maximum absolute atomic E-state index is 12.5. The van der Waals surface area contributed by atoms with Crippen molar-refractivity contribution in [2.75, 3.05) is 46.4 Å². The number of benzene rings is 1. The summed E-state index contributed by atoms with van der Waals surface area (Å²) < 4.78 is 5.43. The van der Waals surface area contributed by atoms with Crippen LogP contribution in [0.3, 0.4) is 0 Å². The monoisotopic (exact) mass is 363 g/mol. The van der Waals surface area contributed by atoms with Crippen LogP contribution in [0, 0.1) is 12.3 Å². The van der Waals surface area contributed by atoms with Crippen LogP contribution in [0.4, 0.5) is 0 Å². The summed E-state index contributed by atoms with van der Waals surface area (Å²) in [4.78, 5) is 16.6. The predicted octanol–water partition coefficient (Wildman–Crippen LogP) is 1.95. The van der Waals surface area contributed by atoms with E-state index in [0.717, 1.165) is 24.4 Å². The molecular weight excluding hydrogens is 338 g/mol. The van der Waals surface area contributed by atoms with Crippen LogP contribution in [0.2, 0.25) is 5.02 Å². The first-order valence-corrected chi connectivity index (χ1v) is 8.78. The Morgan fingerprint density at radius 3 is 2.64 bits per heavy atom. The summed E-state index contributed by atoms with van der Waals surface area (Å²) in [6.45, 7) is 7.99. The number of rotatable bonds is 6. The molecule has 1 N–H and O–H groups in total. The molecule has 2 rings (SSSR count). The van der Waals surface area contributed by atoms with Gasteiger partial charge in [0.15, 0.2) is 0 Å². The quantitative estimate of drug-likeness (QED) is 0.785. The SMILES string of the molecule is C#CCN1CCN(C(=O)CNC(C)(C)c2cc(Cl)ccc2OC)CC1. The number of carbonyl (C=O) groups is 1. The van der Waals surface area contributed by atoms with Crippen molar-refractivity contribution >= 4 is 17.5 Å². The number of terminal acetylenes is 1. The zero-order chi connectivity index (χ0) is 18.4. The molecule has 0 radical (unpaired) electrons. The highest BCUT2D eigenvalue weighted by Gasteiger charge is 2.27. The number of hydrogen-bond acceptors (Lipinski definition) is 4. The van der Waals surface area contributed by atoms with Crippen molar-refractivity contribution in [2.24, 2.45) is 0 Å². The molecule has 25 heavy (non-hydrogen) atoms. The predicted molar refractivity (Wildman–Crippen MR) is 101 cm³/mol. The first-order chi connectivity index (χ1) is 11.9. The van der Waals surface area contributed by atoms with E-state index in [1.54, 1.807) is 13.2 Å². The number of carbonyl (C=O) groups excluding carboxylic acids is 1. The second kappa shape index (κ2) is 8.57. The molecule has 0 bridgehead atoms. The van der Waals surface area contributed by atoms with Crippen molar-refractivity contribution in [3.8, 4) is 18.1 Å². The van der Waals surface area contributed by atoms with Crippen molar-refractivity contribution in [3.63, 3.8) is 0 Å². The third-order valence-electron chi connectivity index (χ3n) is 4.56. The lowest BCUT2D eigenvalue weighted by Gasteiger charge is -2.35. The molecule has 0 spiro atoms. The number of piperazine rings is 1. The largest absolute Gasteiger partial charge is 0.496 e. The maximum atomic E-state index is 12.5. The molecule has 0 unspecified atom stereocenters. The van der Waals surface area contributed by atoms with E-state index < -0.39 is 5.54 Å². The topological polar surface area (TPSA) is 44.8 Å². The van der Waals surface area contributed by atoms with Gasteiger partial charge >= 0.3 is 0 Å². The summed E-state index contributed by atoms with van der Waals surface area (Å²) in [6.07, 6.45) is 5.34. The van der Waals surface area contributed by atoms with Crippen LogP contribution in [0.5, 0.6) is 5.75 Å². The number of ether oxygens (including phenoxy) is 1. The van der Waals surface area contributed by atoms with Crippen LogP contribution in [-0.4, -0.2) is 62.1 Å². The average molecular weight is 364 g/mol. The number of nitrogens with one attached hydrogen (secondary N) is 1. The molecule has 0 saturated carbocycles. The van der Waals surface area contributed by atoms with Gasteiger partial charge in [-0.25, -0.2) is 0 Å². The molecule has 1 aromatic carbocycles. The lowest BCUT2D eigenvalue weighted by molar-refractivity contribution is -0.132. The fraction of sp³-hybridized carbons (Fsp3) is 0.526. The summed E-state index contributed by atoms with van der Waals surface area (Å²) in [7, 11) is 1.63. The van der Waals surface area contributed by atoms with E-state index in [1.165, 1.54) is 0 Å².